The Morgan fingerprint density at radius 3 is 2.42 bits per heavy atom. The molecule has 3 aromatic carbocycles. The van der Waals surface area contributed by atoms with E-state index in [2.05, 4.69) is 19.4 Å². The Kier molecular flexibility index (Phi) is 4.91. The second kappa shape index (κ2) is 7.92. The first-order chi connectivity index (χ1) is 17.2. The highest BCUT2D eigenvalue weighted by Gasteiger charge is 2.43. The number of aromatic amines is 1. The summed E-state index contributed by atoms with van der Waals surface area (Å²) in [4.78, 5) is 32.7. The summed E-state index contributed by atoms with van der Waals surface area (Å²) in [5.41, 5.74) is 8.86. The number of amides is 2. The molecule has 0 unspecified atom stereocenters. The van der Waals surface area contributed by atoms with Gasteiger partial charge in [-0.3, -0.25) is 9.59 Å². The monoisotopic (exact) mass is 492 g/mol. The maximum atomic E-state index is 13.5. The number of rotatable bonds is 3. The van der Waals surface area contributed by atoms with Crippen LogP contribution in [-0.2, 0) is 0 Å². The number of primary amides is 1. The molecule has 36 heavy (non-hydrogen) atoms. The number of alkyl halides is 2. The lowest BCUT2D eigenvalue weighted by atomic mass is 9.98. The normalized spacial score (nSPS) is 17.1. The fraction of sp³-hybridized carbons (Fsp3) is 0.231. The van der Waals surface area contributed by atoms with Crippen molar-refractivity contribution in [1.82, 2.24) is 14.8 Å². The van der Waals surface area contributed by atoms with E-state index in [1.165, 1.54) is 12.1 Å². The second-order valence-corrected chi connectivity index (χ2v) is 9.12. The van der Waals surface area contributed by atoms with Crippen molar-refractivity contribution in [1.29, 1.82) is 0 Å². The van der Waals surface area contributed by atoms with Crippen LogP contribution in [0.25, 0.3) is 32.9 Å². The average molecular weight is 492 g/mol. The summed E-state index contributed by atoms with van der Waals surface area (Å²) in [5.74, 6) is -0.847. The number of nitrogens with two attached hydrogens (primary N) is 1. The van der Waals surface area contributed by atoms with Gasteiger partial charge in [-0.1, -0.05) is 12.1 Å². The molecule has 0 aliphatic carbocycles. The lowest BCUT2D eigenvalue weighted by molar-refractivity contribution is -0.286. The predicted octanol–water partition coefficient (Wildman–Crippen LogP) is 3.80. The number of hydrogen-bond acceptors (Lipinski definition) is 5. The Morgan fingerprint density at radius 2 is 1.67 bits per heavy atom. The van der Waals surface area contributed by atoms with Crippen molar-refractivity contribution < 1.29 is 27.8 Å². The number of ether oxygens (including phenoxy) is 2. The number of halogens is 2. The molecule has 184 valence electrons. The summed E-state index contributed by atoms with van der Waals surface area (Å²) in [6.07, 6.45) is -3.72. The molecule has 2 aliphatic heterocycles. The van der Waals surface area contributed by atoms with Crippen LogP contribution < -0.4 is 15.2 Å². The third-order valence-electron chi connectivity index (χ3n) is 6.75. The van der Waals surface area contributed by atoms with Crippen LogP contribution in [0.5, 0.6) is 11.5 Å². The summed E-state index contributed by atoms with van der Waals surface area (Å²) in [6, 6.07) is 13.3. The minimum Gasteiger partial charge on any atom is -0.395 e. The van der Waals surface area contributed by atoms with Gasteiger partial charge in [0.25, 0.3) is 11.8 Å². The predicted molar refractivity (Wildman–Crippen MR) is 129 cm³/mol. The van der Waals surface area contributed by atoms with Crippen molar-refractivity contribution in [2.75, 3.05) is 33.2 Å². The molecule has 6 rings (SSSR count). The van der Waals surface area contributed by atoms with Gasteiger partial charge >= 0.3 is 6.29 Å². The Balaban J connectivity index is 1.43. The Hall–Kier alpha value is -4.18. The van der Waals surface area contributed by atoms with Crippen LogP contribution in [0, 0.1) is 0 Å². The zero-order valence-corrected chi connectivity index (χ0v) is 19.3. The molecule has 1 fully saturated rings. The zero-order valence-electron chi connectivity index (χ0n) is 19.3. The molecule has 0 spiro atoms. The number of carbonyl (C=O) groups excluding carboxylic acids is 2. The molecular weight excluding hydrogens is 470 g/mol. The molecule has 0 radical (unpaired) electrons. The first-order valence-electron chi connectivity index (χ1n) is 11.5. The van der Waals surface area contributed by atoms with Crippen LogP contribution in [0.2, 0.25) is 0 Å². The molecule has 3 heterocycles. The fourth-order valence-corrected chi connectivity index (χ4v) is 4.82. The lowest BCUT2D eigenvalue weighted by Gasteiger charge is -2.32. The Morgan fingerprint density at radius 1 is 0.917 bits per heavy atom. The van der Waals surface area contributed by atoms with Crippen molar-refractivity contribution in [3.8, 4) is 22.6 Å². The number of piperazine rings is 1. The van der Waals surface area contributed by atoms with Crippen LogP contribution in [0.15, 0.2) is 48.5 Å². The number of fused-ring (bicyclic) bond motifs is 4. The number of aromatic nitrogens is 1. The highest BCUT2D eigenvalue weighted by atomic mass is 19.3. The van der Waals surface area contributed by atoms with E-state index in [9.17, 15) is 18.4 Å². The molecule has 4 aromatic rings. The van der Waals surface area contributed by atoms with Gasteiger partial charge in [0.05, 0.1) is 11.1 Å². The van der Waals surface area contributed by atoms with E-state index in [1.807, 2.05) is 24.1 Å². The van der Waals surface area contributed by atoms with Gasteiger partial charge in [-0.2, -0.15) is 0 Å². The minimum absolute atomic E-state index is 0.0448. The van der Waals surface area contributed by atoms with Gasteiger partial charge in [-0.05, 0) is 54.6 Å². The van der Waals surface area contributed by atoms with Gasteiger partial charge in [0.2, 0.25) is 0 Å². The number of H-pyrrole nitrogens is 1. The summed E-state index contributed by atoms with van der Waals surface area (Å²) in [7, 11) is 2.03. The maximum Gasteiger partial charge on any atom is 0.586 e. The summed E-state index contributed by atoms with van der Waals surface area (Å²) >= 11 is 0. The SMILES string of the molecule is CN1CCN(C(=O)c2ccc3c(c2)[nH]c2c(C(N)=O)cc(-c4ccc5c(c4)OC(F)(F)O5)cc23)CC1. The van der Waals surface area contributed by atoms with E-state index in [0.717, 1.165) is 23.9 Å². The fourth-order valence-electron chi connectivity index (χ4n) is 4.82. The lowest BCUT2D eigenvalue weighted by Crippen LogP contribution is -2.47. The van der Waals surface area contributed by atoms with Crippen LogP contribution in [0.3, 0.4) is 0 Å². The molecule has 0 bridgehead atoms. The van der Waals surface area contributed by atoms with Crippen LogP contribution in [0.1, 0.15) is 20.7 Å². The quantitative estimate of drug-likeness (QED) is 0.453. The summed E-state index contributed by atoms with van der Waals surface area (Å²) < 4.78 is 36.0. The molecule has 1 saturated heterocycles. The minimum atomic E-state index is -3.72. The van der Waals surface area contributed by atoms with Crippen molar-refractivity contribution in [2.24, 2.45) is 5.73 Å². The van der Waals surface area contributed by atoms with Crippen LogP contribution >= 0.6 is 0 Å². The standard InChI is InChI=1S/C26H22F2N4O4/c1-31-6-8-32(9-7-31)25(34)15-2-4-17-18-10-16(11-19(24(29)33)23(18)30-20(17)12-15)14-3-5-21-22(13-14)36-26(27,28)35-21/h2-5,10-13,30H,6-9H2,1H3,(H2,29,33). The summed E-state index contributed by atoms with van der Waals surface area (Å²) in [6.45, 7) is 2.97. The number of benzene rings is 3. The van der Waals surface area contributed by atoms with Gasteiger partial charge < -0.3 is 30.0 Å². The van der Waals surface area contributed by atoms with Crippen LogP contribution in [0.4, 0.5) is 8.78 Å². The molecule has 0 atom stereocenters. The van der Waals surface area contributed by atoms with Gasteiger partial charge in [-0.25, -0.2) is 0 Å². The zero-order chi connectivity index (χ0) is 25.2. The maximum absolute atomic E-state index is 13.5. The number of hydrogen-bond donors (Lipinski definition) is 2. The van der Waals surface area contributed by atoms with E-state index in [1.54, 1.807) is 24.3 Å². The van der Waals surface area contributed by atoms with Gasteiger partial charge in [0, 0.05) is 48.0 Å². The second-order valence-electron chi connectivity index (χ2n) is 9.12. The molecular formula is C26H22F2N4O4. The molecule has 0 saturated carbocycles. The van der Waals surface area contributed by atoms with Gasteiger partial charge in [-0.15, -0.1) is 8.78 Å². The highest BCUT2D eigenvalue weighted by molar-refractivity contribution is 6.17. The molecule has 1 aromatic heterocycles. The smallest absolute Gasteiger partial charge is 0.395 e. The molecule has 2 amide bonds. The van der Waals surface area contributed by atoms with Crippen LogP contribution in [-0.4, -0.2) is 66.1 Å². The Labute approximate surface area is 204 Å². The molecule has 2 aliphatic rings. The van der Waals surface area contributed by atoms with Crippen molar-refractivity contribution in [3.63, 3.8) is 0 Å². The summed E-state index contributed by atoms with van der Waals surface area (Å²) in [5, 5.41) is 1.52. The van der Waals surface area contributed by atoms with Crippen molar-refractivity contribution >= 4 is 33.6 Å². The van der Waals surface area contributed by atoms with E-state index < -0.39 is 12.2 Å². The Bertz CT molecular complexity index is 1560. The van der Waals surface area contributed by atoms with E-state index in [-0.39, 0.29) is 23.0 Å². The first kappa shape index (κ1) is 22.3. The van der Waals surface area contributed by atoms with Gasteiger partial charge in [0.1, 0.15) is 0 Å². The van der Waals surface area contributed by atoms with E-state index in [4.69, 9.17) is 5.73 Å². The van der Waals surface area contributed by atoms with Gasteiger partial charge in [0.15, 0.2) is 11.5 Å². The number of carbonyl (C=O) groups is 2. The van der Waals surface area contributed by atoms with E-state index in [0.29, 0.717) is 40.8 Å². The van der Waals surface area contributed by atoms with E-state index >= 15 is 0 Å². The average Bonchev–Trinajstić information content (AvgIpc) is 3.37. The number of likely N-dealkylation sites (N-methyl/N-ethyl adjacent to an activating group) is 1. The topological polar surface area (TPSA) is 101 Å². The third kappa shape index (κ3) is 3.70. The van der Waals surface area contributed by atoms with Crippen molar-refractivity contribution in [2.45, 2.75) is 6.29 Å². The van der Waals surface area contributed by atoms with Crippen molar-refractivity contribution in [3.05, 3.63) is 59.7 Å². The highest BCUT2D eigenvalue weighted by Crippen LogP contribution is 2.43. The molecule has 8 nitrogen and oxygen atoms in total. The number of nitrogens with zero attached hydrogens (tertiary/aromatic N) is 2. The molecule has 3 N–H and O–H groups in total. The molecule has 10 heteroatoms. The first-order valence-corrected chi connectivity index (χ1v) is 11.5. The third-order valence-corrected chi connectivity index (χ3v) is 6.75. The number of nitrogens with one attached hydrogen (secondary N) is 1. The largest absolute Gasteiger partial charge is 0.586 e.